The number of nitrogens with one attached hydrogen (secondary N) is 2. The van der Waals surface area contributed by atoms with Gasteiger partial charge < -0.3 is 10.6 Å². The summed E-state index contributed by atoms with van der Waals surface area (Å²) in [6.07, 6.45) is -1.93. The number of carbonyl (C=O) groups excluding carboxylic acids is 1. The Labute approximate surface area is 119 Å². The van der Waals surface area contributed by atoms with E-state index in [2.05, 4.69) is 10.6 Å². The van der Waals surface area contributed by atoms with Crippen molar-refractivity contribution >= 4 is 11.6 Å². The minimum Gasteiger partial charge on any atom is -0.324 e. The standard InChI is InChI=1S/C14H14F3N3O/c15-14(16,17)10-4-5-11(9(7-10)8-18)20-13(21)12-3-1-2-6-19-12/h4-5,7,12,19H,1-3,6H2,(H,20,21)/t12-/m0/s1. The Morgan fingerprint density at radius 2 is 2.14 bits per heavy atom. The lowest BCUT2D eigenvalue weighted by atomic mass is 10.0. The largest absolute Gasteiger partial charge is 0.416 e. The van der Waals surface area contributed by atoms with E-state index in [1.165, 1.54) is 0 Å². The van der Waals surface area contributed by atoms with Gasteiger partial charge in [0.05, 0.1) is 22.9 Å². The number of carbonyl (C=O) groups is 1. The van der Waals surface area contributed by atoms with Gasteiger partial charge in [0.15, 0.2) is 0 Å². The predicted octanol–water partition coefficient (Wildman–Crippen LogP) is 2.66. The molecule has 1 heterocycles. The number of piperidine rings is 1. The zero-order chi connectivity index (χ0) is 15.5. The van der Waals surface area contributed by atoms with E-state index in [9.17, 15) is 18.0 Å². The molecule has 1 aliphatic rings. The summed E-state index contributed by atoms with van der Waals surface area (Å²) >= 11 is 0. The Morgan fingerprint density at radius 3 is 2.71 bits per heavy atom. The second kappa shape index (κ2) is 6.14. The molecule has 0 unspecified atom stereocenters. The van der Waals surface area contributed by atoms with Crippen molar-refractivity contribution < 1.29 is 18.0 Å². The summed E-state index contributed by atoms with van der Waals surface area (Å²) in [4.78, 5) is 12.0. The zero-order valence-corrected chi connectivity index (χ0v) is 11.1. The van der Waals surface area contributed by atoms with E-state index < -0.39 is 11.7 Å². The lowest BCUT2D eigenvalue weighted by Gasteiger charge is -2.22. The topological polar surface area (TPSA) is 64.9 Å². The fraction of sp³-hybridized carbons (Fsp3) is 0.429. The summed E-state index contributed by atoms with van der Waals surface area (Å²) in [5.41, 5.74) is -1.01. The van der Waals surface area contributed by atoms with Crippen LogP contribution in [-0.2, 0) is 11.0 Å². The third kappa shape index (κ3) is 3.73. The Balaban J connectivity index is 2.16. The van der Waals surface area contributed by atoms with E-state index in [1.54, 1.807) is 6.07 Å². The molecule has 1 fully saturated rings. The summed E-state index contributed by atoms with van der Waals surface area (Å²) in [5.74, 6) is -0.328. The summed E-state index contributed by atoms with van der Waals surface area (Å²) in [5, 5.41) is 14.5. The third-order valence-corrected chi connectivity index (χ3v) is 3.35. The van der Waals surface area contributed by atoms with Crippen LogP contribution in [0.3, 0.4) is 0 Å². The maximum atomic E-state index is 12.6. The van der Waals surface area contributed by atoms with Crippen molar-refractivity contribution in [3.8, 4) is 6.07 Å². The van der Waals surface area contributed by atoms with Crippen LogP contribution in [0.2, 0.25) is 0 Å². The highest BCUT2D eigenvalue weighted by atomic mass is 19.4. The first kappa shape index (κ1) is 15.3. The number of hydrogen-bond acceptors (Lipinski definition) is 3. The van der Waals surface area contributed by atoms with Gasteiger partial charge in [-0.15, -0.1) is 0 Å². The molecule has 2 N–H and O–H groups in total. The molecule has 1 amide bonds. The van der Waals surface area contributed by atoms with Crippen molar-refractivity contribution in [1.29, 1.82) is 5.26 Å². The molecule has 1 atom stereocenters. The van der Waals surface area contributed by atoms with Gasteiger partial charge in [0.25, 0.3) is 0 Å². The third-order valence-electron chi connectivity index (χ3n) is 3.35. The molecule has 4 nitrogen and oxygen atoms in total. The van der Waals surface area contributed by atoms with E-state index in [0.29, 0.717) is 6.42 Å². The summed E-state index contributed by atoms with van der Waals surface area (Å²) in [6, 6.07) is 4.02. The molecule has 1 saturated heterocycles. The first-order valence-electron chi connectivity index (χ1n) is 6.57. The Hall–Kier alpha value is -2.07. The molecule has 1 aromatic carbocycles. The maximum absolute atomic E-state index is 12.6. The van der Waals surface area contributed by atoms with Crippen molar-refractivity contribution in [3.05, 3.63) is 29.3 Å². The monoisotopic (exact) mass is 297 g/mol. The number of rotatable bonds is 2. The SMILES string of the molecule is N#Cc1cc(C(F)(F)F)ccc1NC(=O)[C@@H]1CCCCN1. The molecule has 0 spiro atoms. The van der Waals surface area contributed by atoms with Gasteiger partial charge in [-0.2, -0.15) is 18.4 Å². The lowest BCUT2D eigenvalue weighted by molar-refractivity contribution is -0.137. The Bertz CT molecular complexity index is 572. The van der Waals surface area contributed by atoms with Crippen LogP contribution in [-0.4, -0.2) is 18.5 Å². The van der Waals surface area contributed by atoms with Gasteiger partial charge in [-0.1, -0.05) is 6.42 Å². The van der Waals surface area contributed by atoms with Crippen LogP contribution >= 0.6 is 0 Å². The molecule has 112 valence electrons. The van der Waals surface area contributed by atoms with Gasteiger partial charge >= 0.3 is 6.18 Å². The number of anilines is 1. The number of alkyl halides is 3. The van der Waals surface area contributed by atoms with Crippen molar-refractivity contribution in [2.24, 2.45) is 0 Å². The van der Waals surface area contributed by atoms with E-state index in [1.807, 2.05) is 0 Å². The van der Waals surface area contributed by atoms with Crippen LogP contribution in [0.4, 0.5) is 18.9 Å². The molecule has 0 aromatic heterocycles. The molecule has 21 heavy (non-hydrogen) atoms. The fourth-order valence-corrected chi connectivity index (χ4v) is 2.22. The summed E-state index contributed by atoms with van der Waals surface area (Å²) < 4.78 is 37.7. The number of nitriles is 1. The number of hydrogen-bond donors (Lipinski definition) is 2. The fourth-order valence-electron chi connectivity index (χ4n) is 2.22. The van der Waals surface area contributed by atoms with E-state index >= 15 is 0 Å². The first-order chi connectivity index (χ1) is 9.91. The van der Waals surface area contributed by atoms with Crippen molar-refractivity contribution in [2.75, 3.05) is 11.9 Å². The number of halogens is 3. The van der Waals surface area contributed by atoms with Gasteiger partial charge in [0.1, 0.15) is 6.07 Å². The summed E-state index contributed by atoms with van der Waals surface area (Å²) in [6.45, 7) is 0.732. The Kier molecular flexibility index (Phi) is 4.48. The highest BCUT2D eigenvalue weighted by molar-refractivity contribution is 5.96. The minimum atomic E-state index is -4.51. The smallest absolute Gasteiger partial charge is 0.324 e. The molecular formula is C14H14F3N3O. The van der Waals surface area contributed by atoms with Crippen molar-refractivity contribution in [1.82, 2.24) is 5.32 Å². The second-order valence-corrected chi connectivity index (χ2v) is 4.86. The van der Waals surface area contributed by atoms with Gasteiger partial charge in [0, 0.05) is 0 Å². The maximum Gasteiger partial charge on any atom is 0.416 e. The number of nitrogens with zero attached hydrogens (tertiary/aromatic N) is 1. The van der Waals surface area contributed by atoms with Gasteiger partial charge in [0.2, 0.25) is 5.91 Å². The minimum absolute atomic E-state index is 0.0999. The molecule has 0 radical (unpaired) electrons. The molecule has 0 saturated carbocycles. The van der Waals surface area contributed by atoms with Crippen LogP contribution in [0.1, 0.15) is 30.4 Å². The van der Waals surface area contributed by atoms with Crippen LogP contribution in [0.15, 0.2) is 18.2 Å². The van der Waals surface area contributed by atoms with E-state index in [-0.39, 0.29) is 23.2 Å². The lowest BCUT2D eigenvalue weighted by Crippen LogP contribution is -2.43. The van der Waals surface area contributed by atoms with Crippen LogP contribution in [0, 0.1) is 11.3 Å². The molecular weight excluding hydrogens is 283 g/mol. The summed E-state index contributed by atoms with van der Waals surface area (Å²) in [7, 11) is 0. The van der Waals surface area contributed by atoms with E-state index in [0.717, 1.165) is 37.6 Å². The highest BCUT2D eigenvalue weighted by Gasteiger charge is 2.31. The molecule has 1 aromatic rings. The Morgan fingerprint density at radius 1 is 1.38 bits per heavy atom. The van der Waals surface area contributed by atoms with Gasteiger partial charge in [-0.25, -0.2) is 0 Å². The highest BCUT2D eigenvalue weighted by Crippen LogP contribution is 2.31. The van der Waals surface area contributed by atoms with Crippen molar-refractivity contribution in [3.63, 3.8) is 0 Å². The van der Waals surface area contributed by atoms with Crippen LogP contribution in [0.5, 0.6) is 0 Å². The van der Waals surface area contributed by atoms with E-state index in [4.69, 9.17) is 5.26 Å². The molecule has 0 bridgehead atoms. The normalized spacial score (nSPS) is 18.9. The zero-order valence-electron chi connectivity index (χ0n) is 11.1. The van der Waals surface area contributed by atoms with Crippen LogP contribution < -0.4 is 10.6 Å². The molecule has 7 heteroatoms. The average molecular weight is 297 g/mol. The number of benzene rings is 1. The van der Waals surface area contributed by atoms with Crippen molar-refractivity contribution in [2.45, 2.75) is 31.5 Å². The van der Waals surface area contributed by atoms with Gasteiger partial charge in [-0.05, 0) is 37.6 Å². The molecule has 0 aliphatic carbocycles. The van der Waals surface area contributed by atoms with Crippen LogP contribution in [0.25, 0.3) is 0 Å². The first-order valence-corrected chi connectivity index (χ1v) is 6.57. The quantitative estimate of drug-likeness (QED) is 0.882. The second-order valence-electron chi connectivity index (χ2n) is 4.86. The van der Waals surface area contributed by atoms with Gasteiger partial charge in [-0.3, -0.25) is 4.79 Å². The number of amides is 1. The molecule has 2 rings (SSSR count). The average Bonchev–Trinajstić information content (AvgIpc) is 2.47. The molecule has 1 aliphatic heterocycles. The predicted molar refractivity (Wildman–Crippen MR) is 70.4 cm³/mol.